The van der Waals surface area contributed by atoms with Crippen molar-refractivity contribution in [2.75, 3.05) is 5.32 Å². The number of nitrogens with one attached hydrogen (secondary N) is 1. The molecule has 0 aromatic heterocycles. The molecular formula is C10H10ClNO3. The van der Waals surface area contributed by atoms with E-state index < -0.39 is 11.7 Å². The van der Waals surface area contributed by atoms with E-state index in [0.717, 1.165) is 0 Å². The van der Waals surface area contributed by atoms with E-state index in [1.807, 2.05) is 0 Å². The van der Waals surface area contributed by atoms with E-state index in [1.165, 1.54) is 12.1 Å². The first-order chi connectivity index (χ1) is 6.90. The monoisotopic (exact) mass is 227 g/mol. The highest BCUT2D eigenvalue weighted by Crippen LogP contribution is 2.41. The van der Waals surface area contributed by atoms with Crippen LogP contribution >= 0.6 is 11.6 Å². The van der Waals surface area contributed by atoms with Crippen LogP contribution in [0.25, 0.3) is 0 Å². The third kappa shape index (κ3) is 1.61. The van der Waals surface area contributed by atoms with Crippen LogP contribution in [0.5, 0.6) is 5.75 Å². The van der Waals surface area contributed by atoms with Crippen LogP contribution in [-0.2, 0) is 10.3 Å². The second kappa shape index (κ2) is 3.03. The normalized spacial score (nSPS) is 17.7. The van der Waals surface area contributed by atoms with Crippen LogP contribution in [0.4, 0.5) is 10.5 Å². The first-order valence-electron chi connectivity index (χ1n) is 4.43. The zero-order valence-corrected chi connectivity index (χ0v) is 9.05. The molecular weight excluding hydrogens is 218 g/mol. The van der Waals surface area contributed by atoms with E-state index in [0.29, 0.717) is 16.3 Å². The number of cyclic esters (lactones) is 1. The van der Waals surface area contributed by atoms with Crippen molar-refractivity contribution in [1.29, 1.82) is 0 Å². The van der Waals surface area contributed by atoms with E-state index in [2.05, 4.69) is 5.32 Å². The molecule has 0 saturated carbocycles. The van der Waals surface area contributed by atoms with Crippen LogP contribution in [0.15, 0.2) is 12.1 Å². The lowest BCUT2D eigenvalue weighted by Crippen LogP contribution is -2.34. The van der Waals surface area contributed by atoms with Gasteiger partial charge in [-0.1, -0.05) is 11.6 Å². The lowest BCUT2D eigenvalue weighted by Gasteiger charge is -2.32. The van der Waals surface area contributed by atoms with Gasteiger partial charge in [0.1, 0.15) is 11.4 Å². The molecule has 15 heavy (non-hydrogen) atoms. The van der Waals surface area contributed by atoms with Gasteiger partial charge in [-0.05, 0) is 19.9 Å². The molecule has 0 bridgehead atoms. The number of carbonyl (C=O) groups is 1. The van der Waals surface area contributed by atoms with Crippen LogP contribution in [0.3, 0.4) is 0 Å². The zero-order chi connectivity index (χ0) is 11.2. The van der Waals surface area contributed by atoms with E-state index in [9.17, 15) is 9.90 Å². The Morgan fingerprint density at radius 2 is 2.13 bits per heavy atom. The summed E-state index contributed by atoms with van der Waals surface area (Å²) >= 11 is 5.91. The SMILES string of the molecule is CC1(C)OC(=O)Nc2c(Cl)cc(O)cc21. The molecule has 0 spiro atoms. The van der Waals surface area contributed by atoms with Crippen LogP contribution < -0.4 is 5.32 Å². The summed E-state index contributed by atoms with van der Waals surface area (Å²) in [7, 11) is 0. The fourth-order valence-electron chi connectivity index (χ4n) is 1.61. The number of rotatable bonds is 0. The Labute approximate surface area is 91.8 Å². The summed E-state index contributed by atoms with van der Waals surface area (Å²) in [5.41, 5.74) is 0.364. The summed E-state index contributed by atoms with van der Waals surface area (Å²) in [6.45, 7) is 3.47. The lowest BCUT2D eigenvalue weighted by atomic mass is 9.94. The summed E-state index contributed by atoms with van der Waals surface area (Å²) in [6, 6.07) is 2.91. The quantitative estimate of drug-likeness (QED) is 0.670. The van der Waals surface area contributed by atoms with Gasteiger partial charge < -0.3 is 9.84 Å². The van der Waals surface area contributed by atoms with Crippen molar-refractivity contribution in [2.24, 2.45) is 0 Å². The molecule has 1 aromatic carbocycles. The molecule has 1 aliphatic heterocycles. The van der Waals surface area contributed by atoms with Crippen molar-refractivity contribution in [1.82, 2.24) is 0 Å². The van der Waals surface area contributed by atoms with Crippen molar-refractivity contribution in [3.63, 3.8) is 0 Å². The predicted octanol–water partition coefficient (Wildman–Crippen LogP) is 2.84. The average molecular weight is 228 g/mol. The van der Waals surface area contributed by atoms with Crippen molar-refractivity contribution in [3.05, 3.63) is 22.7 Å². The van der Waals surface area contributed by atoms with Gasteiger partial charge in [0.25, 0.3) is 0 Å². The van der Waals surface area contributed by atoms with Gasteiger partial charge in [0.2, 0.25) is 0 Å². The Hall–Kier alpha value is -1.42. The Balaban J connectivity index is 2.67. The number of hydrogen-bond donors (Lipinski definition) is 2. The maximum absolute atomic E-state index is 11.2. The standard InChI is InChI=1S/C10H10ClNO3/c1-10(2)6-3-5(13)4-7(11)8(6)12-9(14)15-10/h3-4,13H,1-2H3,(H,12,14). The van der Waals surface area contributed by atoms with Crippen LogP contribution in [0.1, 0.15) is 19.4 Å². The number of aromatic hydroxyl groups is 1. The van der Waals surface area contributed by atoms with E-state index in [4.69, 9.17) is 16.3 Å². The number of amides is 1. The van der Waals surface area contributed by atoms with Crippen LogP contribution in [0, 0.1) is 0 Å². The first-order valence-corrected chi connectivity index (χ1v) is 4.81. The highest BCUT2D eigenvalue weighted by atomic mass is 35.5. The lowest BCUT2D eigenvalue weighted by molar-refractivity contribution is 0.0418. The third-order valence-electron chi connectivity index (χ3n) is 2.30. The number of fused-ring (bicyclic) bond motifs is 1. The molecule has 0 radical (unpaired) electrons. The van der Waals surface area contributed by atoms with Crippen LogP contribution in [0.2, 0.25) is 5.02 Å². The molecule has 80 valence electrons. The molecule has 0 aliphatic carbocycles. The van der Waals surface area contributed by atoms with Gasteiger partial charge in [0, 0.05) is 11.6 Å². The van der Waals surface area contributed by atoms with E-state index in [1.54, 1.807) is 13.8 Å². The fourth-order valence-corrected chi connectivity index (χ4v) is 1.87. The molecule has 4 nitrogen and oxygen atoms in total. The number of benzene rings is 1. The molecule has 1 aromatic rings. The predicted molar refractivity (Wildman–Crippen MR) is 56.2 cm³/mol. The van der Waals surface area contributed by atoms with Gasteiger partial charge >= 0.3 is 6.09 Å². The number of ether oxygens (including phenoxy) is 1. The van der Waals surface area contributed by atoms with Gasteiger partial charge in [-0.15, -0.1) is 0 Å². The minimum absolute atomic E-state index is 0.0478. The smallest absolute Gasteiger partial charge is 0.412 e. The number of phenolic OH excluding ortho intramolecular Hbond substituents is 1. The molecule has 0 unspecified atom stereocenters. The van der Waals surface area contributed by atoms with Gasteiger partial charge in [0.15, 0.2) is 0 Å². The van der Waals surface area contributed by atoms with Crippen LogP contribution in [-0.4, -0.2) is 11.2 Å². The topological polar surface area (TPSA) is 58.6 Å². The summed E-state index contributed by atoms with van der Waals surface area (Å²) < 4.78 is 5.09. The Bertz CT molecular complexity index is 443. The van der Waals surface area contributed by atoms with Crippen molar-refractivity contribution < 1.29 is 14.6 Å². The van der Waals surface area contributed by atoms with E-state index >= 15 is 0 Å². The summed E-state index contributed by atoms with van der Waals surface area (Å²) in [4.78, 5) is 11.2. The van der Waals surface area contributed by atoms with E-state index in [-0.39, 0.29) is 5.75 Å². The number of phenols is 1. The Morgan fingerprint density at radius 1 is 1.47 bits per heavy atom. The highest BCUT2D eigenvalue weighted by Gasteiger charge is 2.34. The second-order valence-corrected chi connectivity index (χ2v) is 4.28. The largest absolute Gasteiger partial charge is 0.508 e. The van der Waals surface area contributed by atoms with Gasteiger partial charge in [0.05, 0.1) is 10.7 Å². The summed E-state index contributed by atoms with van der Waals surface area (Å²) in [5, 5.41) is 12.2. The molecule has 1 aliphatic rings. The maximum Gasteiger partial charge on any atom is 0.412 e. The Morgan fingerprint density at radius 3 is 2.80 bits per heavy atom. The molecule has 2 N–H and O–H groups in total. The molecule has 0 atom stereocenters. The molecule has 0 fully saturated rings. The van der Waals surface area contributed by atoms with Crippen molar-refractivity contribution >= 4 is 23.4 Å². The van der Waals surface area contributed by atoms with Gasteiger partial charge in [-0.2, -0.15) is 0 Å². The minimum atomic E-state index is -0.792. The highest BCUT2D eigenvalue weighted by molar-refractivity contribution is 6.34. The number of anilines is 1. The van der Waals surface area contributed by atoms with Crippen molar-refractivity contribution in [2.45, 2.75) is 19.4 Å². The zero-order valence-electron chi connectivity index (χ0n) is 8.30. The molecule has 5 heteroatoms. The number of hydrogen-bond acceptors (Lipinski definition) is 3. The third-order valence-corrected chi connectivity index (χ3v) is 2.60. The van der Waals surface area contributed by atoms with Gasteiger partial charge in [-0.25, -0.2) is 4.79 Å². The molecule has 1 amide bonds. The molecule has 0 saturated heterocycles. The summed E-state index contributed by atoms with van der Waals surface area (Å²) in [5.74, 6) is 0.0478. The number of carbonyl (C=O) groups excluding carboxylic acids is 1. The average Bonchev–Trinajstić information content (AvgIpc) is 2.06. The van der Waals surface area contributed by atoms with Gasteiger partial charge in [-0.3, -0.25) is 5.32 Å². The Kier molecular flexibility index (Phi) is 2.04. The molecule has 2 rings (SSSR count). The number of halogens is 1. The maximum atomic E-state index is 11.2. The fraction of sp³-hybridized carbons (Fsp3) is 0.300. The summed E-state index contributed by atoms with van der Waals surface area (Å²) in [6.07, 6.45) is -0.542. The van der Waals surface area contributed by atoms with Crippen molar-refractivity contribution in [3.8, 4) is 5.75 Å². The first kappa shape index (κ1) is 10.1. The minimum Gasteiger partial charge on any atom is -0.508 e. The molecule has 1 heterocycles. The second-order valence-electron chi connectivity index (χ2n) is 3.87.